The molecule has 0 saturated heterocycles. The van der Waals surface area contributed by atoms with Crippen LogP contribution in [0.3, 0.4) is 0 Å². The number of carbonyl (C=O) groups is 2. The monoisotopic (exact) mass is 446 g/mol. The number of benzene rings is 1. The Labute approximate surface area is 193 Å². The number of amides is 3. The zero-order valence-electron chi connectivity index (χ0n) is 19.3. The summed E-state index contributed by atoms with van der Waals surface area (Å²) in [4.78, 5) is 27.5. The summed E-state index contributed by atoms with van der Waals surface area (Å²) >= 11 is 0. The zero-order valence-corrected chi connectivity index (χ0v) is 19.3. The Morgan fingerprint density at radius 2 is 1.94 bits per heavy atom. The molecule has 172 valence electrons. The van der Waals surface area contributed by atoms with Gasteiger partial charge in [0, 0.05) is 42.3 Å². The van der Waals surface area contributed by atoms with Crippen LogP contribution in [0, 0.1) is 0 Å². The van der Waals surface area contributed by atoms with E-state index in [9.17, 15) is 9.59 Å². The Hall–Kier alpha value is -3.55. The van der Waals surface area contributed by atoms with Crippen LogP contribution in [-0.4, -0.2) is 43.3 Å². The average molecular weight is 447 g/mol. The van der Waals surface area contributed by atoms with E-state index in [4.69, 9.17) is 5.73 Å². The summed E-state index contributed by atoms with van der Waals surface area (Å²) in [6.07, 6.45) is 5.83. The molecule has 8 nitrogen and oxygen atoms in total. The molecule has 0 spiro atoms. The fraction of sp³-hybridized carbons (Fsp3) is 0.400. The third-order valence-electron chi connectivity index (χ3n) is 6.23. The van der Waals surface area contributed by atoms with Crippen LogP contribution < -0.4 is 11.1 Å². The smallest absolute Gasteiger partial charge is 0.318 e. The summed E-state index contributed by atoms with van der Waals surface area (Å²) in [6, 6.07) is 9.80. The number of nitrogens with two attached hydrogens (primary N) is 1. The minimum Gasteiger partial charge on any atom is -0.366 e. The molecule has 1 aliphatic heterocycles. The van der Waals surface area contributed by atoms with Crippen molar-refractivity contribution in [3.05, 3.63) is 59.7 Å². The SMILES string of the molecule is CC(C)(C)NC(=O)N1CCn2c(c(C(N)=O)c(-c3cccc(-n4cccn4)c3)c2C2CC2)C1. The van der Waals surface area contributed by atoms with Crippen molar-refractivity contribution in [2.45, 2.75) is 58.2 Å². The standard InChI is InChI=1S/C25H30N6O2/c1-25(2,3)28-24(33)29-12-13-30-19(15-29)21(23(26)32)20(22(30)16-8-9-16)17-6-4-7-18(14-17)31-11-5-10-27-31/h4-7,10-11,14,16H,8-9,12-13,15H2,1-3H3,(H2,26,32)(H,28,33). The van der Waals surface area contributed by atoms with Crippen molar-refractivity contribution in [3.8, 4) is 16.8 Å². The zero-order chi connectivity index (χ0) is 23.3. The molecule has 1 aliphatic carbocycles. The lowest BCUT2D eigenvalue weighted by Gasteiger charge is -2.33. The van der Waals surface area contributed by atoms with Crippen LogP contribution >= 0.6 is 0 Å². The highest BCUT2D eigenvalue weighted by Crippen LogP contribution is 2.48. The second-order valence-corrected chi connectivity index (χ2v) is 9.97. The largest absolute Gasteiger partial charge is 0.366 e. The van der Waals surface area contributed by atoms with Crippen molar-refractivity contribution in [2.75, 3.05) is 6.54 Å². The first kappa shape index (κ1) is 21.3. The van der Waals surface area contributed by atoms with E-state index < -0.39 is 5.91 Å². The Bertz CT molecular complexity index is 1210. The van der Waals surface area contributed by atoms with Gasteiger partial charge in [-0.25, -0.2) is 9.48 Å². The molecular weight excluding hydrogens is 416 g/mol. The van der Waals surface area contributed by atoms with Crippen molar-refractivity contribution >= 4 is 11.9 Å². The Balaban J connectivity index is 1.61. The lowest BCUT2D eigenvalue weighted by molar-refractivity contribution is 0.0997. The summed E-state index contributed by atoms with van der Waals surface area (Å²) in [7, 11) is 0. The highest BCUT2D eigenvalue weighted by Gasteiger charge is 2.38. The first-order valence-electron chi connectivity index (χ1n) is 11.5. The molecule has 5 rings (SSSR count). The maximum absolute atomic E-state index is 12.9. The number of aromatic nitrogens is 3. The van der Waals surface area contributed by atoms with Crippen LogP contribution in [0.5, 0.6) is 0 Å². The van der Waals surface area contributed by atoms with Gasteiger partial charge in [-0.2, -0.15) is 5.10 Å². The number of rotatable bonds is 4. The molecule has 3 N–H and O–H groups in total. The van der Waals surface area contributed by atoms with E-state index in [0.29, 0.717) is 31.1 Å². The lowest BCUT2D eigenvalue weighted by Crippen LogP contribution is -2.50. The van der Waals surface area contributed by atoms with Crippen molar-refractivity contribution in [1.82, 2.24) is 24.6 Å². The van der Waals surface area contributed by atoms with Gasteiger partial charge in [-0.05, 0) is 63.3 Å². The number of nitrogens with zero attached hydrogens (tertiary/aromatic N) is 4. The molecule has 1 saturated carbocycles. The van der Waals surface area contributed by atoms with E-state index in [2.05, 4.69) is 21.0 Å². The third kappa shape index (κ3) is 4.01. The van der Waals surface area contributed by atoms with Crippen LogP contribution in [0.15, 0.2) is 42.7 Å². The van der Waals surface area contributed by atoms with Gasteiger partial charge in [0.1, 0.15) is 0 Å². The van der Waals surface area contributed by atoms with Gasteiger partial charge in [0.15, 0.2) is 0 Å². The van der Waals surface area contributed by atoms with Gasteiger partial charge in [-0.3, -0.25) is 4.79 Å². The van der Waals surface area contributed by atoms with Crippen LogP contribution in [0.1, 0.15) is 61.3 Å². The van der Waals surface area contributed by atoms with E-state index in [0.717, 1.165) is 35.3 Å². The molecule has 2 aliphatic rings. The fourth-order valence-corrected chi connectivity index (χ4v) is 4.73. The fourth-order valence-electron chi connectivity index (χ4n) is 4.73. The van der Waals surface area contributed by atoms with Gasteiger partial charge >= 0.3 is 6.03 Å². The number of hydrogen-bond donors (Lipinski definition) is 2. The van der Waals surface area contributed by atoms with Gasteiger partial charge in [-0.1, -0.05) is 12.1 Å². The average Bonchev–Trinajstić information content (AvgIpc) is 3.32. The molecule has 3 aromatic rings. The summed E-state index contributed by atoms with van der Waals surface area (Å²) in [5.74, 6) is -0.0432. The first-order valence-corrected chi connectivity index (χ1v) is 11.5. The maximum atomic E-state index is 12.9. The predicted molar refractivity (Wildman–Crippen MR) is 126 cm³/mol. The maximum Gasteiger partial charge on any atom is 0.318 e. The van der Waals surface area contributed by atoms with Gasteiger partial charge in [0.05, 0.1) is 23.5 Å². The number of hydrogen-bond acceptors (Lipinski definition) is 3. The molecule has 0 bridgehead atoms. The summed E-state index contributed by atoms with van der Waals surface area (Å²) in [5.41, 5.74) is 11.0. The van der Waals surface area contributed by atoms with Crippen LogP contribution in [0.25, 0.3) is 16.8 Å². The van der Waals surface area contributed by atoms with Crippen LogP contribution in [-0.2, 0) is 13.1 Å². The minimum absolute atomic E-state index is 0.124. The topological polar surface area (TPSA) is 98.2 Å². The summed E-state index contributed by atoms with van der Waals surface area (Å²) < 4.78 is 4.05. The molecule has 2 aromatic heterocycles. The molecule has 0 radical (unpaired) electrons. The number of primary amides is 1. The molecule has 3 heterocycles. The number of carbonyl (C=O) groups excluding carboxylic acids is 2. The number of urea groups is 1. The Morgan fingerprint density at radius 3 is 2.58 bits per heavy atom. The molecule has 8 heteroatoms. The van der Waals surface area contributed by atoms with E-state index in [1.165, 1.54) is 5.69 Å². The number of fused-ring (bicyclic) bond motifs is 1. The quantitative estimate of drug-likeness (QED) is 0.640. The van der Waals surface area contributed by atoms with Gasteiger partial charge < -0.3 is 20.5 Å². The van der Waals surface area contributed by atoms with Crippen molar-refractivity contribution in [1.29, 1.82) is 0 Å². The predicted octanol–water partition coefficient (Wildman–Crippen LogP) is 3.64. The molecule has 33 heavy (non-hydrogen) atoms. The van der Waals surface area contributed by atoms with Gasteiger partial charge in [0.25, 0.3) is 5.91 Å². The Morgan fingerprint density at radius 1 is 1.15 bits per heavy atom. The van der Waals surface area contributed by atoms with E-state index in [1.807, 2.05) is 51.2 Å². The highest BCUT2D eigenvalue weighted by molar-refractivity contribution is 6.02. The molecular formula is C25H30N6O2. The normalized spacial score (nSPS) is 15.9. The van der Waals surface area contributed by atoms with Gasteiger partial charge in [0.2, 0.25) is 0 Å². The summed E-state index contributed by atoms with van der Waals surface area (Å²) in [5, 5.41) is 7.37. The number of nitrogens with one attached hydrogen (secondary N) is 1. The molecule has 1 fully saturated rings. The van der Waals surface area contributed by atoms with Crippen molar-refractivity contribution < 1.29 is 9.59 Å². The highest BCUT2D eigenvalue weighted by atomic mass is 16.2. The Kier molecular flexibility index (Phi) is 5.03. The van der Waals surface area contributed by atoms with E-state index >= 15 is 0 Å². The lowest BCUT2D eigenvalue weighted by atomic mass is 9.97. The van der Waals surface area contributed by atoms with E-state index in [1.54, 1.807) is 15.8 Å². The first-order chi connectivity index (χ1) is 15.7. The second-order valence-electron chi connectivity index (χ2n) is 9.97. The second kappa shape index (κ2) is 7.79. The van der Waals surface area contributed by atoms with E-state index in [-0.39, 0.29) is 11.6 Å². The van der Waals surface area contributed by atoms with Crippen LogP contribution in [0.2, 0.25) is 0 Å². The molecule has 0 atom stereocenters. The summed E-state index contributed by atoms with van der Waals surface area (Å²) in [6.45, 7) is 7.48. The van der Waals surface area contributed by atoms with Crippen LogP contribution in [0.4, 0.5) is 4.79 Å². The molecule has 1 aromatic carbocycles. The van der Waals surface area contributed by atoms with Gasteiger partial charge in [-0.15, -0.1) is 0 Å². The molecule has 0 unspecified atom stereocenters. The minimum atomic E-state index is -0.455. The van der Waals surface area contributed by atoms with Crippen molar-refractivity contribution in [3.63, 3.8) is 0 Å². The van der Waals surface area contributed by atoms with Crippen molar-refractivity contribution in [2.24, 2.45) is 5.73 Å². The third-order valence-corrected chi connectivity index (χ3v) is 6.23. The molecule has 3 amide bonds.